The first-order chi connectivity index (χ1) is 7.15. The van der Waals surface area contributed by atoms with Crippen LogP contribution in [0.5, 0.6) is 0 Å². The molecule has 1 amide bonds. The Morgan fingerprint density at radius 2 is 2.20 bits per heavy atom. The van der Waals surface area contributed by atoms with Crippen molar-refractivity contribution in [2.24, 2.45) is 0 Å². The summed E-state index contributed by atoms with van der Waals surface area (Å²) >= 11 is 3.33. The zero-order valence-electron chi connectivity index (χ0n) is 8.53. The molecule has 1 aromatic rings. The highest BCUT2D eigenvalue weighted by Crippen LogP contribution is 2.12. The number of carbonyl (C=O) groups excluding carboxylic acids is 1. The lowest BCUT2D eigenvalue weighted by molar-refractivity contribution is 0.0923. The lowest BCUT2D eigenvalue weighted by atomic mass is 10.1. The van der Waals surface area contributed by atoms with E-state index in [0.29, 0.717) is 10.9 Å². The molecule has 4 heteroatoms. The van der Waals surface area contributed by atoms with E-state index in [1.165, 1.54) is 0 Å². The van der Waals surface area contributed by atoms with Crippen molar-refractivity contribution in [2.45, 2.75) is 18.4 Å². The van der Waals surface area contributed by atoms with Crippen LogP contribution in [0.25, 0.3) is 0 Å². The lowest BCUT2D eigenvalue weighted by Gasteiger charge is -2.09. The standard InChI is InChI=1S/C11H14BrNO2/c1-8(14)7-13-11(15)10-5-3-2-4-9(10)6-12/h2-5,8,14H,6-7H2,1H3,(H,13,15). The van der Waals surface area contributed by atoms with Gasteiger partial charge in [0.15, 0.2) is 0 Å². The average Bonchev–Trinajstić information content (AvgIpc) is 2.25. The van der Waals surface area contributed by atoms with E-state index < -0.39 is 6.10 Å². The van der Waals surface area contributed by atoms with Gasteiger partial charge in [-0.3, -0.25) is 4.79 Å². The highest BCUT2D eigenvalue weighted by Gasteiger charge is 2.09. The van der Waals surface area contributed by atoms with Crippen LogP contribution in [-0.4, -0.2) is 23.7 Å². The third-order valence-corrected chi connectivity index (χ3v) is 2.57. The fourth-order valence-corrected chi connectivity index (χ4v) is 1.68. The highest BCUT2D eigenvalue weighted by molar-refractivity contribution is 9.08. The largest absolute Gasteiger partial charge is 0.392 e. The van der Waals surface area contributed by atoms with Gasteiger partial charge in [-0.25, -0.2) is 0 Å². The Bertz CT molecular complexity index is 339. The quantitative estimate of drug-likeness (QED) is 0.819. The van der Waals surface area contributed by atoms with Gasteiger partial charge in [0.05, 0.1) is 6.10 Å². The Kier molecular flexibility index (Phi) is 4.78. The monoisotopic (exact) mass is 271 g/mol. The minimum Gasteiger partial charge on any atom is -0.392 e. The fourth-order valence-electron chi connectivity index (χ4n) is 1.19. The first-order valence-corrected chi connectivity index (χ1v) is 5.87. The Morgan fingerprint density at radius 1 is 1.53 bits per heavy atom. The van der Waals surface area contributed by atoms with Gasteiger partial charge in [-0.2, -0.15) is 0 Å². The van der Waals surface area contributed by atoms with E-state index in [9.17, 15) is 4.79 Å². The van der Waals surface area contributed by atoms with Crippen molar-refractivity contribution >= 4 is 21.8 Å². The van der Waals surface area contributed by atoms with Crippen molar-refractivity contribution in [1.82, 2.24) is 5.32 Å². The van der Waals surface area contributed by atoms with Crippen molar-refractivity contribution in [2.75, 3.05) is 6.54 Å². The first-order valence-electron chi connectivity index (χ1n) is 4.75. The molecule has 0 aliphatic carbocycles. The maximum Gasteiger partial charge on any atom is 0.251 e. The highest BCUT2D eigenvalue weighted by atomic mass is 79.9. The second-order valence-corrected chi connectivity index (χ2v) is 3.91. The van der Waals surface area contributed by atoms with Crippen molar-refractivity contribution in [3.8, 4) is 0 Å². The van der Waals surface area contributed by atoms with Crippen LogP contribution >= 0.6 is 15.9 Å². The van der Waals surface area contributed by atoms with Crippen molar-refractivity contribution in [3.63, 3.8) is 0 Å². The van der Waals surface area contributed by atoms with Gasteiger partial charge in [0.25, 0.3) is 5.91 Å². The zero-order valence-corrected chi connectivity index (χ0v) is 10.1. The molecule has 1 unspecified atom stereocenters. The molecule has 0 aromatic heterocycles. The molecule has 0 aliphatic rings. The van der Waals surface area contributed by atoms with E-state index in [1.54, 1.807) is 13.0 Å². The summed E-state index contributed by atoms with van der Waals surface area (Å²) in [7, 11) is 0. The molecule has 0 fully saturated rings. The molecule has 0 saturated carbocycles. The predicted molar refractivity (Wildman–Crippen MR) is 63.1 cm³/mol. The Balaban J connectivity index is 2.72. The van der Waals surface area contributed by atoms with Crippen LogP contribution in [0, 0.1) is 0 Å². The van der Waals surface area contributed by atoms with Gasteiger partial charge < -0.3 is 10.4 Å². The van der Waals surface area contributed by atoms with Gasteiger partial charge in [0.2, 0.25) is 0 Å². The molecule has 1 aromatic carbocycles. The number of aliphatic hydroxyl groups is 1. The minimum atomic E-state index is -0.523. The summed E-state index contributed by atoms with van der Waals surface area (Å²) in [5, 5.41) is 12.4. The van der Waals surface area contributed by atoms with Gasteiger partial charge in [-0.05, 0) is 18.6 Å². The summed E-state index contributed by atoms with van der Waals surface area (Å²) in [6, 6.07) is 7.38. The Labute approximate surface area is 97.6 Å². The molecular formula is C11H14BrNO2. The molecule has 15 heavy (non-hydrogen) atoms. The summed E-state index contributed by atoms with van der Waals surface area (Å²) in [5.74, 6) is -0.147. The number of alkyl halides is 1. The van der Waals surface area contributed by atoms with Crippen molar-refractivity contribution < 1.29 is 9.90 Å². The smallest absolute Gasteiger partial charge is 0.251 e. The fraction of sp³-hybridized carbons (Fsp3) is 0.364. The van der Waals surface area contributed by atoms with Crippen LogP contribution in [0.4, 0.5) is 0 Å². The molecule has 0 heterocycles. The van der Waals surface area contributed by atoms with Gasteiger partial charge in [-0.15, -0.1) is 0 Å². The normalized spacial score (nSPS) is 12.2. The molecule has 1 rings (SSSR count). The van der Waals surface area contributed by atoms with E-state index in [-0.39, 0.29) is 12.5 Å². The Morgan fingerprint density at radius 3 is 2.80 bits per heavy atom. The SMILES string of the molecule is CC(O)CNC(=O)c1ccccc1CBr. The molecule has 3 nitrogen and oxygen atoms in total. The summed E-state index contributed by atoms with van der Waals surface area (Å²) < 4.78 is 0. The molecule has 0 aliphatic heterocycles. The number of benzene rings is 1. The van der Waals surface area contributed by atoms with Gasteiger partial charge in [-0.1, -0.05) is 34.1 Å². The van der Waals surface area contributed by atoms with E-state index in [1.807, 2.05) is 18.2 Å². The Hall–Kier alpha value is -0.870. The third kappa shape index (κ3) is 3.64. The number of halogens is 1. The van der Waals surface area contributed by atoms with Crippen LogP contribution in [0.15, 0.2) is 24.3 Å². The van der Waals surface area contributed by atoms with Gasteiger partial charge >= 0.3 is 0 Å². The van der Waals surface area contributed by atoms with Crippen LogP contribution in [0.1, 0.15) is 22.8 Å². The molecule has 0 spiro atoms. The molecule has 0 saturated heterocycles. The predicted octanol–water partition coefficient (Wildman–Crippen LogP) is 1.69. The van der Waals surface area contributed by atoms with E-state index in [2.05, 4.69) is 21.2 Å². The summed E-state index contributed by atoms with van der Waals surface area (Å²) in [5.41, 5.74) is 1.59. The summed E-state index contributed by atoms with van der Waals surface area (Å²) in [6.45, 7) is 1.91. The van der Waals surface area contributed by atoms with E-state index in [4.69, 9.17) is 5.11 Å². The molecule has 82 valence electrons. The maximum absolute atomic E-state index is 11.7. The van der Waals surface area contributed by atoms with Crippen LogP contribution in [0.2, 0.25) is 0 Å². The summed E-state index contributed by atoms with van der Waals surface area (Å²) in [4.78, 5) is 11.7. The number of amides is 1. The lowest BCUT2D eigenvalue weighted by Crippen LogP contribution is -2.31. The van der Waals surface area contributed by atoms with E-state index >= 15 is 0 Å². The minimum absolute atomic E-state index is 0.147. The average molecular weight is 272 g/mol. The van der Waals surface area contributed by atoms with Crippen LogP contribution in [-0.2, 0) is 5.33 Å². The zero-order chi connectivity index (χ0) is 11.3. The van der Waals surface area contributed by atoms with E-state index in [0.717, 1.165) is 5.56 Å². The molecule has 0 bridgehead atoms. The van der Waals surface area contributed by atoms with Crippen molar-refractivity contribution in [1.29, 1.82) is 0 Å². The number of rotatable bonds is 4. The number of hydrogen-bond donors (Lipinski definition) is 2. The number of nitrogens with one attached hydrogen (secondary N) is 1. The summed E-state index contributed by atoms with van der Waals surface area (Å²) in [6.07, 6.45) is -0.523. The topological polar surface area (TPSA) is 49.3 Å². The number of hydrogen-bond acceptors (Lipinski definition) is 2. The molecule has 1 atom stereocenters. The maximum atomic E-state index is 11.7. The second-order valence-electron chi connectivity index (χ2n) is 3.35. The number of aliphatic hydroxyl groups excluding tert-OH is 1. The first kappa shape index (κ1) is 12.2. The van der Waals surface area contributed by atoms with Crippen LogP contribution in [0.3, 0.4) is 0 Å². The van der Waals surface area contributed by atoms with Crippen LogP contribution < -0.4 is 5.32 Å². The third-order valence-electron chi connectivity index (χ3n) is 1.96. The van der Waals surface area contributed by atoms with Crippen molar-refractivity contribution in [3.05, 3.63) is 35.4 Å². The number of carbonyl (C=O) groups is 1. The second kappa shape index (κ2) is 5.88. The van der Waals surface area contributed by atoms with Gasteiger partial charge in [0.1, 0.15) is 0 Å². The molecule has 0 radical (unpaired) electrons. The molecule has 2 N–H and O–H groups in total. The molecular weight excluding hydrogens is 258 g/mol. The van der Waals surface area contributed by atoms with Gasteiger partial charge in [0, 0.05) is 17.4 Å².